The number of carboxylic acid groups (broad SMARTS) is 1. The number of hydrogen-bond donors (Lipinski definition) is 2. The maximum atomic E-state index is 13.2. The second-order valence-electron chi connectivity index (χ2n) is 10.4. The highest BCUT2D eigenvalue weighted by molar-refractivity contribution is 6.31. The number of carbonyl (C=O) groups is 2. The van der Waals surface area contributed by atoms with Crippen LogP contribution >= 0.6 is 11.6 Å². The van der Waals surface area contributed by atoms with Crippen LogP contribution in [0, 0.1) is 13.8 Å². The summed E-state index contributed by atoms with van der Waals surface area (Å²) in [6.07, 6.45) is -0.971. The van der Waals surface area contributed by atoms with Crippen molar-refractivity contribution >= 4 is 34.4 Å². The van der Waals surface area contributed by atoms with Crippen LogP contribution in [0.15, 0.2) is 60.7 Å². The maximum Gasteiger partial charge on any atom is 0.344 e. The molecular weight excluding hydrogens is 512 g/mol. The second-order valence-corrected chi connectivity index (χ2v) is 10.8. The number of aromatic nitrogens is 1. The van der Waals surface area contributed by atoms with Gasteiger partial charge in [-0.3, -0.25) is 4.79 Å². The third-order valence-corrected chi connectivity index (χ3v) is 7.70. The van der Waals surface area contributed by atoms with Gasteiger partial charge in [0, 0.05) is 33.7 Å². The third-order valence-electron chi connectivity index (χ3n) is 7.33. The van der Waals surface area contributed by atoms with Gasteiger partial charge < -0.3 is 19.7 Å². The molecule has 1 amide bonds. The number of benzene rings is 3. The maximum absolute atomic E-state index is 13.2. The zero-order valence-electron chi connectivity index (χ0n) is 23.2. The molecule has 0 fully saturated rings. The van der Waals surface area contributed by atoms with Gasteiger partial charge in [-0.2, -0.15) is 0 Å². The number of nitrogens with one attached hydrogen (secondary N) is 1. The van der Waals surface area contributed by atoms with Crippen LogP contribution < -0.4 is 10.1 Å². The van der Waals surface area contributed by atoms with Crippen molar-refractivity contribution in [2.24, 2.45) is 0 Å². The number of fused-ring (bicyclic) bond motifs is 1. The highest BCUT2D eigenvalue weighted by atomic mass is 35.5. The van der Waals surface area contributed by atoms with Crippen LogP contribution in [0.25, 0.3) is 10.9 Å². The van der Waals surface area contributed by atoms with E-state index in [1.54, 1.807) is 18.2 Å². The topological polar surface area (TPSA) is 80.6 Å². The lowest BCUT2D eigenvalue weighted by atomic mass is 9.98. The highest BCUT2D eigenvalue weighted by Crippen LogP contribution is 2.30. The third kappa shape index (κ3) is 6.12. The fraction of sp³-hybridized carbons (Fsp3) is 0.312. The minimum Gasteiger partial charge on any atom is -0.479 e. The van der Waals surface area contributed by atoms with Crippen LogP contribution in [-0.2, 0) is 11.3 Å². The Morgan fingerprint density at radius 2 is 1.69 bits per heavy atom. The predicted molar refractivity (Wildman–Crippen MR) is 156 cm³/mol. The molecule has 7 heteroatoms. The molecule has 0 radical (unpaired) electrons. The first-order valence-electron chi connectivity index (χ1n) is 13.1. The summed E-state index contributed by atoms with van der Waals surface area (Å²) in [5, 5.41) is 13.9. The summed E-state index contributed by atoms with van der Waals surface area (Å²) in [6.45, 7) is 12.4. The van der Waals surface area contributed by atoms with Crippen molar-refractivity contribution in [1.29, 1.82) is 0 Å². The van der Waals surface area contributed by atoms with Gasteiger partial charge in [-0.15, -0.1) is 0 Å². The molecule has 0 spiro atoms. The van der Waals surface area contributed by atoms with Crippen molar-refractivity contribution in [2.75, 3.05) is 0 Å². The Labute approximate surface area is 234 Å². The quantitative estimate of drug-likeness (QED) is 0.229. The van der Waals surface area contributed by atoms with Crippen molar-refractivity contribution in [3.05, 3.63) is 99.2 Å². The van der Waals surface area contributed by atoms with E-state index in [2.05, 4.69) is 35.9 Å². The molecule has 6 nitrogen and oxygen atoms in total. The summed E-state index contributed by atoms with van der Waals surface area (Å²) in [4.78, 5) is 24.4. The minimum absolute atomic E-state index is 0.121. The summed E-state index contributed by atoms with van der Waals surface area (Å²) in [6, 6.07) is 19.1. The van der Waals surface area contributed by atoms with Crippen molar-refractivity contribution in [1.82, 2.24) is 9.88 Å². The van der Waals surface area contributed by atoms with E-state index in [1.165, 1.54) is 12.5 Å². The molecule has 1 aromatic heterocycles. The molecule has 4 rings (SSSR count). The molecule has 0 aliphatic carbocycles. The largest absolute Gasteiger partial charge is 0.479 e. The number of carboxylic acids is 1. The number of ether oxygens (including phenoxy) is 1. The van der Waals surface area contributed by atoms with Gasteiger partial charge in [0.2, 0.25) is 0 Å². The Balaban J connectivity index is 1.59. The molecule has 0 bridgehead atoms. The summed E-state index contributed by atoms with van der Waals surface area (Å²) >= 11 is 6.51. The Hall–Kier alpha value is -3.77. The van der Waals surface area contributed by atoms with Crippen molar-refractivity contribution < 1.29 is 19.4 Å². The molecule has 4 aromatic rings. The van der Waals surface area contributed by atoms with E-state index in [0.29, 0.717) is 28.8 Å². The van der Waals surface area contributed by atoms with E-state index >= 15 is 0 Å². The number of rotatable bonds is 9. The average Bonchev–Trinajstić information content (AvgIpc) is 3.14. The molecule has 2 N–H and O–H groups in total. The van der Waals surface area contributed by atoms with Gasteiger partial charge in [-0.05, 0) is 92.3 Å². The monoisotopic (exact) mass is 546 g/mol. The van der Waals surface area contributed by atoms with Crippen LogP contribution in [0.4, 0.5) is 0 Å². The van der Waals surface area contributed by atoms with Crippen molar-refractivity contribution in [3.63, 3.8) is 0 Å². The Kier molecular flexibility index (Phi) is 8.36. The van der Waals surface area contributed by atoms with Gasteiger partial charge in [-0.1, -0.05) is 49.7 Å². The van der Waals surface area contributed by atoms with E-state index in [0.717, 1.165) is 33.3 Å². The number of amides is 1. The van der Waals surface area contributed by atoms with Gasteiger partial charge in [0.25, 0.3) is 5.91 Å². The molecule has 0 saturated carbocycles. The Morgan fingerprint density at radius 3 is 2.38 bits per heavy atom. The normalized spacial score (nSPS) is 12.9. The lowest BCUT2D eigenvalue weighted by Gasteiger charge is -2.17. The number of nitrogens with zero attached hydrogens (tertiary/aromatic N) is 1. The molecule has 0 aliphatic heterocycles. The van der Waals surface area contributed by atoms with Crippen molar-refractivity contribution in [2.45, 2.75) is 66.2 Å². The molecular formula is C32H35ClN2O4. The SMILES string of the molecule is Cc1c(C)n(Cc2cc(O[C@@H](C)C(=O)O)ccc2Cl)c2ccc(C(=O)N[C@@H](C)c3cccc(C(C)C)c3)cc12. The number of halogens is 1. The zero-order chi connectivity index (χ0) is 28.4. The number of hydrogen-bond acceptors (Lipinski definition) is 3. The fourth-order valence-corrected chi connectivity index (χ4v) is 4.89. The number of carbonyl (C=O) groups excluding carboxylic acids is 1. The lowest BCUT2D eigenvalue weighted by Crippen LogP contribution is -2.26. The summed E-state index contributed by atoms with van der Waals surface area (Å²) in [7, 11) is 0. The Bertz CT molecular complexity index is 1540. The fourth-order valence-electron chi connectivity index (χ4n) is 4.72. The van der Waals surface area contributed by atoms with Crippen LogP contribution in [0.3, 0.4) is 0 Å². The Morgan fingerprint density at radius 1 is 0.974 bits per heavy atom. The van der Waals surface area contributed by atoms with Gasteiger partial charge >= 0.3 is 5.97 Å². The molecule has 204 valence electrons. The molecule has 2 atom stereocenters. The van der Waals surface area contributed by atoms with E-state index in [4.69, 9.17) is 16.3 Å². The van der Waals surface area contributed by atoms with E-state index < -0.39 is 12.1 Å². The number of aliphatic carboxylic acids is 1. The predicted octanol–water partition coefficient (Wildman–Crippen LogP) is 7.43. The minimum atomic E-state index is -1.03. The molecule has 0 aliphatic rings. The zero-order valence-corrected chi connectivity index (χ0v) is 24.0. The summed E-state index contributed by atoms with van der Waals surface area (Å²) in [5.74, 6) is -0.289. The molecule has 0 saturated heterocycles. The first-order chi connectivity index (χ1) is 18.5. The van der Waals surface area contributed by atoms with E-state index in [1.807, 2.05) is 51.1 Å². The summed E-state index contributed by atoms with van der Waals surface area (Å²) < 4.78 is 7.69. The number of aryl methyl sites for hydroxylation is 1. The van der Waals surface area contributed by atoms with Crippen molar-refractivity contribution in [3.8, 4) is 5.75 Å². The molecule has 1 heterocycles. The van der Waals surface area contributed by atoms with Crippen LogP contribution in [-0.4, -0.2) is 27.7 Å². The lowest BCUT2D eigenvalue weighted by molar-refractivity contribution is -0.144. The summed E-state index contributed by atoms with van der Waals surface area (Å²) in [5.41, 5.74) is 6.87. The molecule has 39 heavy (non-hydrogen) atoms. The average molecular weight is 547 g/mol. The van der Waals surface area contributed by atoms with E-state index in [9.17, 15) is 14.7 Å². The highest BCUT2D eigenvalue weighted by Gasteiger charge is 2.18. The molecule has 3 aromatic carbocycles. The first kappa shape index (κ1) is 28.2. The van der Waals surface area contributed by atoms with Gasteiger partial charge in [-0.25, -0.2) is 4.79 Å². The van der Waals surface area contributed by atoms with Gasteiger partial charge in [0.05, 0.1) is 6.04 Å². The molecule has 0 unspecified atom stereocenters. The smallest absolute Gasteiger partial charge is 0.344 e. The van der Waals surface area contributed by atoms with Gasteiger partial charge in [0.15, 0.2) is 6.10 Å². The second kappa shape index (κ2) is 11.5. The van der Waals surface area contributed by atoms with Gasteiger partial charge in [0.1, 0.15) is 5.75 Å². The van der Waals surface area contributed by atoms with Crippen LogP contribution in [0.5, 0.6) is 5.75 Å². The first-order valence-corrected chi connectivity index (χ1v) is 13.5. The van der Waals surface area contributed by atoms with Crippen LogP contribution in [0.2, 0.25) is 5.02 Å². The van der Waals surface area contributed by atoms with Crippen LogP contribution in [0.1, 0.15) is 78.0 Å². The van der Waals surface area contributed by atoms with E-state index in [-0.39, 0.29) is 11.9 Å². The standard InChI is InChI=1S/C32H35ClN2O4/c1-18(2)23-8-7-9-24(14-23)20(4)34-31(36)25-10-13-30-28(16-25)19(3)21(5)35(30)17-26-15-27(11-12-29(26)33)39-22(6)32(37)38/h7-16,18,20,22H,17H2,1-6H3,(H,34,36)(H,37,38)/t20-,22-/m0/s1.